The van der Waals surface area contributed by atoms with E-state index in [1.54, 1.807) is 23.3 Å². The molecule has 3 heteroatoms. The Bertz CT molecular complexity index is 297. The molecule has 0 bridgehead atoms. The van der Waals surface area contributed by atoms with Crippen molar-refractivity contribution >= 4 is 12.0 Å². The number of hydrogen-bond donors (Lipinski definition) is 0. The molecule has 3 nitrogen and oxygen atoms in total. The highest BCUT2D eigenvalue weighted by molar-refractivity contribution is 5.91. The van der Waals surface area contributed by atoms with Crippen molar-refractivity contribution in [2.24, 2.45) is 0 Å². The second-order valence-electron chi connectivity index (χ2n) is 2.86. The Balaban J connectivity index is 2.55. The molecule has 14 heavy (non-hydrogen) atoms. The van der Waals surface area contributed by atoms with Gasteiger partial charge in [-0.2, -0.15) is 0 Å². The van der Waals surface area contributed by atoms with Crippen LogP contribution in [0.25, 0.3) is 6.08 Å². The molecule has 0 saturated heterocycles. The van der Waals surface area contributed by atoms with Crippen molar-refractivity contribution in [3.05, 3.63) is 30.2 Å². The third kappa shape index (κ3) is 2.76. The number of likely N-dealkylation sites (N-methyl/N-ethyl adjacent to an activating group) is 1. The summed E-state index contributed by atoms with van der Waals surface area (Å²) in [6, 6.07) is 3.60. The number of furan rings is 1. The summed E-state index contributed by atoms with van der Waals surface area (Å²) in [7, 11) is 0. The van der Waals surface area contributed by atoms with Crippen molar-refractivity contribution in [2.75, 3.05) is 13.1 Å². The highest BCUT2D eigenvalue weighted by atomic mass is 16.3. The van der Waals surface area contributed by atoms with Gasteiger partial charge in [-0.05, 0) is 32.1 Å². The van der Waals surface area contributed by atoms with Crippen molar-refractivity contribution in [1.29, 1.82) is 0 Å². The smallest absolute Gasteiger partial charge is 0.246 e. The van der Waals surface area contributed by atoms with E-state index in [1.807, 2.05) is 19.9 Å². The number of amides is 1. The highest BCUT2D eigenvalue weighted by Crippen LogP contribution is 2.02. The predicted molar refractivity (Wildman–Crippen MR) is 55.7 cm³/mol. The third-order valence-corrected chi connectivity index (χ3v) is 2.01. The average Bonchev–Trinajstić information content (AvgIpc) is 2.69. The van der Waals surface area contributed by atoms with E-state index in [0.29, 0.717) is 5.76 Å². The number of carbonyl (C=O) groups is 1. The molecule has 0 atom stereocenters. The first-order chi connectivity index (χ1) is 6.77. The molecule has 0 saturated carbocycles. The third-order valence-electron chi connectivity index (χ3n) is 2.01. The van der Waals surface area contributed by atoms with Crippen molar-refractivity contribution in [3.63, 3.8) is 0 Å². The topological polar surface area (TPSA) is 33.5 Å². The summed E-state index contributed by atoms with van der Waals surface area (Å²) < 4.78 is 5.07. The number of nitrogens with zero attached hydrogens (tertiary/aromatic N) is 1. The summed E-state index contributed by atoms with van der Waals surface area (Å²) in [4.78, 5) is 13.2. The molecule has 1 aromatic rings. The summed E-state index contributed by atoms with van der Waals surface area (Å²) >= 11 is 0. The summed E-state index contributed by atoms with van der Waals surface area (Å²) in [6.45, 7) is 5.39. The van der Waals surface area contributed by atoms with Gasteiger partial charge < -0.3 is 9.32 Å². The Morgan fingerprint density at radius 2 is 2.21 bits per heavy atom. The molecule has 1 amide bonds. The Labute approximate surface area is 84.0 Å². The van der Waals surface area contributed by atoms with Crippen LogP contribution in [0.15, 0.2) is 28.9 Å². The van der Waals surface area contributed by atoms with Crippen molar-refractivity contribution in [1.82, 2.24) is 4.90 Å². The largest absolute Gasteiger partial charge is 0.465 e. The first-order valence-electron chi connectivity index (χ1n) is 4.78. The molecule has 0 spiro atoms. The van der Waals surface area contributed by atoms with E-state index in [0.717, 1.165) is 13.1 Å². The van der Waals surface area contributed by atoms with E-state index in [2.05, 4.69) is 0 Å². The second-order valence-corrected chi connectivity index (χ2v) is 2.86. The minimum atomic E-state index is 0.0198. The van der Waals surface area contributed by atoms with Crippen molar-refractivity contribution in [3.8, 4) is 0 Å². The lowest BCUT2D eigenvalue weighted by molar-refractivity contribution is -0.125. The van der Waals surface area contributed by atoms with Crippen LogP contribution >= 0.6 is 0 Å². The maximum absolute atomic E-state index is 11.5. The Morgan fingerprint density at radius 3 is 2.71 bits per heavy atom. The van der Waals surface area contributed by atoms with Crippen LogP contribution in [0.4, 0.5) is 0 Å². The molecular weight excluding hydrogens is 178 g/mol. The molecule has 0 radical (unpaired) electrons. The van der Waals surface area contributed by atoms with E-state index < -0.39 is 0 Å². The van der Waals surface area contributed by atoms with Gasteiger partial charge >= 0.3 is 0 Å². The maximum Gasteiger partial charge on any atom is 0.246 e. The molecular formula is C11H15NO2. The number of rotatable bonds is 4. The molecule has 1 aromatic heterocycles. The molecule has 1 rings (SSSR count). The van der Waals surface area contributed by atoms with Crippen molar-refractivity contribution < 1.29 is 9.21 Å². The Kier molecular flexibility index (Phi) is 3.98. The van der Waals surface area contributed by atoms with Crippen LogP contribution in [0.1, 0.15) is 19.6 Å². The standard InChI is InChI=1S/C11H15NO2/c1-3-12(4-2)11(13)8-7-10-6-5-9-14-10/h5-9H,3-4H2,1-2H3. The van der Waals surface area contributed by atoms with Gasteiger partial charge in [0, 0.05) is 19.2 Å². The fourth-order valence-electron chi connectivity index (χ4n) is 1.18. The Hall–Kier alpha value is -1.51. The predicted octanol–water partition coefficient (Wildman–Crippen LogP) is 2.16. The molecule has 0 aliphatic rings. The Morgan fingerprint density at radius 1 is 1.50 bits per heavy atom. The second kappa shape index (κ2) is 5.27. The molecule has 0 aliphatic heterocycles. The van der Waals surface area contributed by atoms with Crippen LogP contribution in [-0.4, -0.2) is 23.9 Å². The van der Waals surface area contributed by atoms with Crippen LogP contribution in [0.3, 0.4) is 0 Å². The number of carbonyl (C=O) groups excluding carboxylic acids is 1. The summed E-state index contributed by atoms with van der Waals surface area (Å²) in [5.41, 5.74) is 0. The zero-order valence-corrected chi connectivity index (χ0v) is 8.56. The summed E-state index contributed by atoms with van der Waals surface area (Å²) in [5, 5.41) is 0. The lowest BCUT2D eigenvalue weighted by Gasteiger charge is -2.15. The van der Waals surface area contributed by atoms with E-state index in [4.69, 9.17) is 4.42 Å². The lowest BCUT2D eigenvalue weighted by Crippen LogP contribution is -2.28. The first-order valence-corrected chi connectivity index (χ1v) is 4.78. The van der Waals surface area contributed by atoms with Gasteiger partial charge in [0.2, 0.25) is 5.91 Å². The van der Waals surface area contributed by atoms with Crippen molar-refractivity contribution in [2.45, 2.75) is 13.8 Å². The van der Waals surface area contributed by atoms with Gasteiger partial charge in [0.1, 0.15) is 5.76 Å². The van der Waals surface area contributed by atoms with Gasteiger partial charge in [-0.25, -0.2) is 0 Å². The van der Waals surface area contributed by atoms with E-state index >= 15 is 0 Å². The number of hydrogen-bond acceptors (Lipinski definition) is 2. The fraction of sp³-hybridized carbons (Fsp3) is 0.364. The van der Waals surface area contributed by atoms with Crippen LogP contribution < -0.4 is 0 Å². The molecule has 0 N–H and O–H groups in total. The highest BCUT2D eigenvalue weighted by Gasteiger charge is 2.04. The summed E-state index contributed by atoms with van der Waals surface area (Å²) in [6.07, 6.45) is 4.80. The van der Waals surface area contributed by atoms with Gasteiger partial charge in [0.25, 0.3) is 0 Å². The summed E-state index contributed by atoms with van der Waals surface area (Å²) in [5.74, 6) is 0.719. The van der Waals surface area contributed by atoms with E-state index in [-0.39, 0.29) is 5.91 Å². The minimum absolute atomic E-state index is 0.0198. The van der Waals surface area contributed by atoms with Gasteiger partial charge in [-0.3, -0.25) is 4.79 Å². The lowest BCUT2D eigenvalue weighted by atomic mass is 10.3. The quantitative estimate of drug-likeness (QED) is 0.686. The zero-order valence-electron chi connectivity index (χ0n) is 8.56. The minimum Gasteiger partial charge on any atom is -0.465 e. The van der Waals surface area contributed by atoms with Crippen LogP contribution in [0.2, 0.25) is 0 Å². The van der Waals surface area contributed by atoms with Gasteiger partial charge in [0.15, 0.2) is 0 Å². The monoisotopic (exact) mass is 193 g/mol. The molecule has 0 fully saturated rings. The van der Waals surface area contributed by atoms with Crippen LogP contribution in [-0.2, 0) is 4.79 Å². The average molecular weight is 193 g/mol. The maximum atomic E-state index is 11.5. The normalized spacial score (nSPS) is 10.7. The fourth-order valence-corrected chi connectivity index (χ4v) is 1.18. The molecule has 1 heterocycles. The molecule has 0 unspecified atom stereocenters. The van der Waals surface area contributed by atoms with Crippen LogP contribution in [0.5, 0.6) is 0 Å². The zero-order chi connectivity index (χ0) is 10.4. The first kappa shape index (κ1) is 10.6. The van der Waals surface area contributed by atoms with Gasteiger partial charge in [-0.1, -0.05) is 0 Å². The van der Waals surface area contributed by atoms with E-state index in [9.17, 15) is 4.79 Å². The SMILES string of the molecule is CCN(CC)C(=O)C=Cc1ccco1. The molecule has 76 valence electrons. The van der Waals surface area contributed by atoms with Gasteiger partial charge in [-0.15, -0.1) is 0 Å². The van der Waals surface area contributed by atoms with Gasteiger partial charge in [0.05, 0.1) is 6.26 Å². The molecule has 0 aliphatic carbocycles. The van der Waals surface area contributed by atoms with E-state index in [1.165, 1.54) is 6.08 Å². The van der Waals surface area contributed by atoms with Crippen LogP contribution in [0, 0.1) is 0 Å². The molecule has 0 aromatic carbocycles.